The summed E-state index contributed by atoms with van der Waals surface area (Å²) in [6.45, 7) is 4.08. The van der Waals surface area contributed by atoms with Gasteiger partial charge in [-0.15, -0.1) is 0 Å². The average molecular weight is 367 g/mol. The molecule has 0 atom stereocenters. The molecule has 1 aromatic carbocycles. The Labute approximate surface area is 156 Å². The number of carbonyl (C=O) groups is 1. The predicted octanol–water partition coefficient (Wildman–Crippen LogP) is 2.04. The summed E-state index contributed by atoms with van der Waals surface area (Å²) < 4.78 is 10.9. The van der Waals surface area contributed by atoms with Crippen LogP contribution in [0.5, 0.6) is 5.75 Å². The normalized spacial score (nSPS) is 14.8. The minimum atomic E-state index is 0.0510. The van der Waals surface area contributed by atoms with Crippen LogP contribution in [-0.2, 0) is 17.8 Å². The van der Waals surface area contributed by atoms with Gasteiger partial charge in [0.05, 0.1) is 13.7 Å². The number of methoxy groups -OCH3 is 1. The van der Waals surface area contributed by atoms with E-state index >= 15 is 0 Å². The lowest BCUT2D eigenvalue weighted by Crippen LogP contribution is -2.50. The van der Waals surface area contributed by atoms with Crippen molar-refractivity contribution < 1.29 is 13.9 Å². The molecule has 1 aliphatic heterocycles. The van der Waals surface area contributed by atoms with Crippen molar-refractivity contribution in [1.29, 1.82) is 0 Å². The molecule has 0 saturated carbocycles. The second-order valence-electron chi connectivity index (χ2n) is 6.40. The first-order valence-electron chi connectivity index (χ1n) is 8.94. The molecule has 0 bridgehead atoms. The number of ether oxygens (including phenoxy) is 1. The van der Waals surface area contributed by atoms with Gasteiger partial charge in [0.25, 0.3) is 5.71 Å². The largest absolute Gasteiger partial charge is 0.497 e. The predicted molar refractivity (Wildman–Crippen MR) is 99.6 cm³/mol. The fourth-order valence-corrected chi connectivity index (χ4v) is 3.22. The van der Waals surface area contributed by atoms with Crippen molar-refractivity contribution >= 4 is 23.0 Å². The van der Waals surface area contributed by atoms with Gasteiger partial charge in [-0.25, -0.2) is 9.97 Å². The average Bonchev–Trinajstić information content (AvgIpc) is 3.13. The summed E-state index contributed by atoms with van der Waals surface area (Å²) in [5.74, 6) is 2.11. The number of rotatable bonds is 5. The van der Waals surface area contributed by atoms with Crippen molar-refractivity contribution in [2.45, 2.75) is 19.9 Å². The summed E-state index contributed by atoms with van der Waals surface area (Å²) in [6, 6.07) is 7.78. The van der Waals surface area contributed by atoms with E-state index in [1.807, 2.05) is 41.0 Å². The molecule has 8 heteroatoms. The van der Waals surface area contributed by atoms with Gasteiger partial charge >= 0.3 is 0 Å². The maximum atomic E-state index is 12.7. The van der Waals surface area contributed by atoms with Crippen molar-refractivity contribution in [2.75, 3.05) is 31.6 Å². The van der Waals surface area contributed by atoms with Gasteiger partial charge in [-0.05, 0) is 17.7 Å². The highest BCUT2D eigenvalue weighted by Gasteiger charge is 2.27. The molecule has 0 spiro atoms. The minimum Gasteiger partial charge on any atom is -0.497 e. The van der Waals surface area contributed by atoms with Crippen molar-refractivity contribution in [3.8, 4) is 5.75 Å². The fraction of sp³-hybridized carbons (Fsp3) is 0.368. The van der Waals surface area contributed by atoms with E-state index in [1.165, 1.54) is 6.33 Å². The molecule has 3 heterocycles. The SMILES string of the molecule is CCc1nc2c(N3CCN(Cc4cccc(OC)c4)C(=O)C3)ncnc2o1. The van der Waals surface area contributed by atoms with Crippen molar-refractivity contribution in [1.82, 2.24) is 19.9 Å². The molecule has 3 aromatic rings. The van der Waals surface area contributed by atoms with E-state index in [0.29, 0.717) is 49.0 Å². The van der Waals surface area contributed by atoms with E-state index < -0.39 is 0 Å². The first-order chi connectivity index (χ1) is 13.2. The summed E-state index contributed by atoms with van der Waals surface area (Å²) in [4.78, 5) is 29.4. The van der Waals surface area contributed by atoms with Crippen LogP contribution in [-0.4, -0.2) is 52.5 Å². The van der Waals surface area contributed by atoms with Gasteiger partial charge in [0.1, 0.15) is 12.1 Å². The van der Waals surface area contributed by atoms with Crippen molar-refractivity contribution in [2.24, 2.45) is 0 Å². The Morgan fingerprint density at radius 1 is 1.26 bits per heavy atom. The summed E-state index contributed by atoms with van der Waals surface area (Å²) in [6.07, 6.45) is 2.14. The van der Waals surface area contributed by atoms with E-state index in [1.54, 1.807) is 7.11 Å². The van der Waals surface area contributed by atoms with Gasteiger partial charge in [-0.3, -0.25) is 4.79 Å². The van der Waals surface area contributed by atoms with Gasteiger partial charge < -0.3 is 19.0 Å². The zero-order valence-corrected chi connectivity index (χ0v) is 15.4. The van der Waals surface area contributed by atoms with Crippen LogP contribution in [0.1, 0.15) is 18.4 Å². The summed E-state index contributed by atoms with van der Waals surface area (Å²) >= 11 is 0. The van der Waals surface area contributed by atoms with Gasteiger partial charge in [-0.2, -0.15) is 4.98 Å². The summed E-state index contributed by atoms with van der Waals surface area (Å²) in [7, 11) is 1.64. The Balaban J connectivity index is 1.50. The number of amides is 1. The van der Waals surface area contributed by atoms with Crippen LogP contribution in [0.3, 0.4) is 0 Å². The number of piperazine rings is 1. The molecule has 1 aliphatic rings. The molecule has 0 aliphatic carbocycles. The zero-order chi connectivity index (χ0) is 18.8. The number of aromatic nitrogens is 3. The monoisotopic (exact) mass is 367 g/mol. The number of hydrogen-bond donors (Lipinski definition) is 0. The maximum Gasteiger partial charge on any atom is 0.252 e. The summed E-state index contributed by atoms with van der Waals surface area (Å²) in [5, 5.41) is 0. The molecule has 0 N–H and O–H groups in total. The molecule has 4 rings (SSSR count). The molecular weight excluding hydrogens is 346 g/mol. The molecule has 1 amide bonds. The molecule has 2 aromatic heterocycles. The van der Waals surface area contributed by atoms with Crippen molar-refractivity contribution in [3.05, 3.63) is 42.0 Å². The Morgan fingerprint density at radius 3 is 2.93 bits per heavy atom. The van der Waals surface area contributed by atoms with Crippen LogP contribution in [0.15, 0.2) is 35.0 Å². The molecule has 27 heavy (non-hydrogen) atoms. The van der Waals surface area contributed by atoms with Crippen LogP contribution >= 0.6 is 0 Å². The number of hydrogen-bond acceptors (Lipinski definition) is 7. The van der Waals surface area contributed by atoms with Crippen LogP contribution in [0.2, 0.25) is 0 Å². The molecule has 1 saturated heterocycles. The van der Waals surface area contributed by atoms with E-state index in [2.05, 4.69) is 15.0 Å². The first-order valence-corrected chi connectivity index (χ1v) is 8.94. The molecule has 0 radical (unpaired) electrons. The number of fused-ring (bicyclic) bond motifs is 1. The Morgan fingerprint density at radius 2 is 2.15 bits per heavy atom. The number of aryl methyl sites for hydroxylation is 1. The third-order valence-corrected chi connectivity index (χ3v) is 4.65. The number of carbonyl (C=O) groups excluding carboxylic acids is 1. The van der Waals surface area contributed by atoms with Gasteiger partial charge in [0.2, 0.25) is 5.91 Å². The number of benzene rings is 1. The van der Waals surface area contributed by atoms with E-state index in [-0.39, 0.29) is 12.5 Å². The van der Waals surface area contributed by atoms with Crippen molar-refractivity contribution in [3.63, 3.8) is 0 Å². The van der Waals surface area contributed by atoms with E-state index in [0.717, 1.165) is 11.3 Å². The lowest BCUT2D eigenvalue weighted by Gasteiger charge is -2.34. The second-order valence-corrected chi connectivity index (χ2v) is 6.40. The number of oxazole rings is 1. The Kier molecular flexibility index (Phi) is 4.62. The fourth-order valence-electron chi connectivity index (χ4n) is 3.22. The molecule has 140 valence electrons. The van der Waals surface area contributed by atoms with Crippen LogP contribution in [0.25, 0.3) is 11.2 Å². The first kappa shape index (κ1) is 17.3. The topological polar surface area (TPSA) is 84.6 Å². The lowest BCUT2D eigenvalue weighted by atomic mass is 10.2. The van der Waals surface area contributed by atoms with E-state index in [4.69, 9.17) is 9.15 Å². The minimum absolute atomic E-state index is 0.0510. The molecule has 8 nitrogen and oxygen atoms in total. The lowest BCUT2D eigenvalue weighted by molar-refractivity contribution is -0.131. The quantitative estimate of drug-likeness (QED) is 0.682. The van der Waals surface area contributed by atoms with Gasteiger partial charge in [0, 0.05) is 26.1 Å². The van der Waals surface area contributed by atoms with Crippen LogP contribution in [0, 0.1) is 0 Å². The van der Waals surface area contributed by atoms with E-state index in [9.17, 15) is 4.79 Å². The van der Waals surface area contributed by atoms with Crippen LogP contribution in [0.4, 0.5) is 5.82 Å². The molecule has 1 fully saturated rings. The molecular formula is C19H21N5O3. The Bertz CT molecular complexity index is 971. The smallest absolute Gasteiger partial charge is 0.252 e. The summed E-state index contributed by atoms with van der Waals surface area (Å²) in [5.41, 5.74) is 2.12. The number of anilines is 1. The van der Waals surface area contributed by atoms with Crippen LogP contribution < -0.4 is 9.64 Å². The highest BCUT2D eigenvalue weighted by Crippen LogP contribution is 2.25. The highest BCUT2D eigenvalue weighted by atomic mass is 16.5. The third kappa shape index (κ3) is 3.42. The Hall–Kier alpha value is -3.16. The third-order valence-electron chi connectivity index (χ3n) is 4.65. The standard InChI is InChI=1S/C19H21N5O3/c1-3-15-22-17-18(20-12-21-19(17)27-15)24-8-7-23(16(25)11-24)10-13-5-4-6-14(9-13)26-2/h4-6,9,12H,3,7-8,10-11H2,1-2H3. The number of nitrogens with zero attached hydrogens (tertiary/aromatic N) is 5. The zero-order valence-electron chi connectivity index (χ0n) is 15.4. The second kappa shape index (κ2) is 7.22. The molecule has 0 unspecified atom stereocenters. The maximum absolute atomic E-state index is 12.7. The van der Waals surface area contributed by atoms with Gasteiger partial charge in [-0.1, -0.05) is 19.1 Å². The highest BCUT2D eigenvalue weighted by molar-refractivity contribution is 5.87. The van der Waals surface area contributed by atoms with Gasteiger partial charge in [0.15, 0.2) is 17.2 Å².